The average Bonchev–Trinajstić information content (AvgIpc) is 3.20. The van der Waals surface area contributed by atoms with Gasteiger partial charge >= 0.3 is 0 Å². The maximum Gasteiger partial charge on any atom is 0.269 e. The molecule has 1 heterocycles. The average molecular weight is 643 g/mol. The Labute approximate surface area is 262 Å². The Morgan fingerprint density at radius 3 is 2.23 bits per heavy atom. The lowest BCUT2D eigenvalue weighted by atomic mass is 9.94. The quantitative estimate of drug-likeness (QED) is 0.310. The van der Waals surface area contributed by atoms with Gasteiger partial charge in [-0.15, -0.1) is 0 Å². The highest BCUT2D eigenvalue weighted by Crippen LogP contribution is 2.31. The van der Waals surface area contributed by atoms with Crippen molar-refractivity contribution in [2.24, 2.45) is 0 Å². The first-order valence-electron chi connectivity index (χ1n) is 14.4. The first-order valence-corrected chi connectivity index (χ1v) is 16.6. The number of amides is 3. The number of hydrogen-bond donors (Lipinski definition) is 1. The largest absolute Gasteiger partial charge is 0.352 e. The normalized spacial score (nSPS) is 16.9. The van der Waals surface area contributed by atoms with Gasteiger partial charge in [-0.1, -0.05) is 91.0 Å². The molecule has 0 radical (unpaired) electrons. The maximum atomic E-state index is 14.1. The third-order valence-electron chi connectivity index (χ3n) is 8.05. The van der Waals surface area contributed by atoms with Crippen molar-refractivity contribution in [2.75, 3.05) is 6.54 Å². The Kier molecular flexibility index (Phi) is 9.74. The van der Waals surface area contributed by atoms with E-state index < -0.39 is 27.9 Å². The highest BCUT2D eigenvalue weighted by Gasteiger charge is 2.41. The minimum absolute atomic E-state index is 0.00578. The SMILES string of the molecule is O=C(NC1CCCCC1)[C@H](Cc1ccccc1)N(Cc1c(Cl)cccc1Cl)C(=O)CCN1C(=O)c2ccccc2S1(=O)=O. The van der Waals surface area contributed by atoms with Crippen LogP contribution in [0.15, 0.2) is 77.7 Å². The number of halogens is 2. The van der Waals surface area contributed by atoms with Gasteiger partial charge in [0, 0.05) is 47.6 Å². The van der Waals surface area contributed by atoms with Crippen LogP contribution in [-0.2, 0) is 32.6 Å². The Balaban J connectivity index is 1.46. The summed E-state index contributed by atoms with van der Waals surface area (Å²) in [5.74, 6) is -1.49. The van der Waals surface area contributed by atoms with Crippen molar-refractivity contribution in [1.29, 1.82) is 0 Å². The molecule has 0 spiro atoms. The molecule has 0 saturated heterocycles. The lowest BCUT2D eigenvalue weighted by molar-refractivity contribution is -0.141. The van der Waals surface area contributed by atoms with Gasteiger partial charge < -0.3 is 10.2 Å². The molecule has 11 heteroatoms. The molecule has 226 valence electrons. The molecule has 3 amide bonds. The van der Waals surface area contributed by atoms with Crippen LogP contribution in [0.5, 0.6) is 0 Å². The molecule has 0 unspecified atom stereocenters. The van der Waals surface area contributed by atoms with Crippen LogP contribution in [0.3, 0.4) is 0 Å². The van der Waals surface area contributed by atoms with Crippen LogP contribution in [-0.4, -0.2) is 54.0 Å². The number of carbonyl (C=O) groups excluding carboxylic acids is 3. The van der Waals surface area contributed by atoms with Gasteiger partial charge in [0.25, 0.3) is 15.9 Å². The zero-order valence-electron chi connectivity index (χ0n) is 23.5. The van der Waals surface area contributed by atoms with Crippen LogP contribution in [0.1, 0.15) is 60.0 Å². The molecule has 1 saturated carbocycles. The van der Waals surface area contributed by atoms with E-state index in [9.17, 15) is 22.8 Å². The van der Waals surface area contributed by atoms with E-state index in [2.05, 4.69) is 5.32 Å². The summed E-state index contributed by atoms with van der Waals surface area (Å²) in [5.41, 5.74) is 1.39. The molecule has 2 aliphatic rings. The van der Waals surface area contributed by atoms with Crippen molar-refractivity contribution in [3.8, 4) is 0 Å². The monoisotopic (exact) mass is 641 g/mol. The first kappa shape index (κ1) is 31.0. The van der Waals surface area contributed by atoms with Crippen LogP contribution in [0.2, 0.25) is 10.0 Å². The molecule has 1 aliphatic heterocycles. The second kappa shape index (κ2) is 13.5. The molecule has 8 nitrogen and oxygen atoms in total. The molecule has 3 aromatic rings. The van der Waals surface area contributed by atoms with Crippen LogP contribution < -0.4 is 5.32 Å². The highest BCUT2D eigenvalue weighted by atomic mass is 35.5. The topological polar surface area (TPSA) is 104 Å². The second-order valence-corrected chi connectivity index (χ2v) is 13.5. The Bertz CT molecular complexity index is 1590. The Morgan fingerprint density at radius 1 is 0.907 bits per heavy atom. The Hall–Kier alpha value is -3.40. The number of carbonyl (C=O) groups is 3. The van der Waals surface area contributed by atoms with Crippen molar-refractivity contribution in [2.45, 2.75) is 68.5 Å². The molecular weight excluding hydrogens is 609 g/mol. The van der Waals surface area contributed by atoms with E-state index in [1.807, 2.05) is 30.3 Å². The number of hydrogen-bond acceptors (Lipinski definition) is 5. The summed E-state index contributed by atoms with van der Waals surface area (Å²) < 4.78 is 27.0. The molecule has 1 fully saturated rings. The molecule has 1 aliphatic carbocycles. The molecular formula is C32H33Cl2N3O5S. The number of rotatable bonds is 10. The van der Waals surface area contributed by atoms with E-state index >= 15 is 0 Å². The molecule has 1 N–H and O–H groups in total. The van der Waals surface area contributed by atoms with E-state index in [0.29, 0.717) is 15.6 Å². The van der Waals surface area contributed by atoms with Gasteiger partial charge in [-0.3, -0.25) is 14.4 Å². The number of benzene rings is 3. The standard InChI is InChI=1S/C32H33Cl2N3O5S/c33-26-15-9-16-27(34)25(26)21-36(30(38)18-19-37-32(40)24-14-7-8-17-29(24)43(37,41)42)28(20-22-10-3-1-4-11-22)31(39)35-23-12-5-2-6-13-23/h1,3-4,7-11,14-17,23,28H,2,5-6,12-13,18-21H2,(H,35,39)/t28-/m0/s1. The molecule has 1 atom stereocenters. The second-order valence-electron chi connectivity index (χ2n) is 10.9. The third-order valence-corrected chi connectivity index (χ3v) is 10.6. The lowest BCUT2D eigenvalue weighted by Gasteiger charge is -2.34. The number of sulfonamides is 1. The van der Waals surface area contributed by atoms with E-state index in [1.165, 1.54) is 17.0 Å². The lowest BCUT2D eigenvalue weighted by Crippen LogP contribution is -2.53. The van der Waals surface area contributed by atoms with Crippen LogP contribution >= 0.6 is 23.2 Å². The smallest absolute Gasteiger partial charge is 0.269 e. The van der Waals surface area contributed by atoms with E-state index in [-0.39, 0.29) is 48.3 Å². The highest BCUT2D eigenvalue weighted by molar-refractivity contribution is 7.90. The minimum atomic E-state index is -4.10. The summed E-state index contributed by atoms with van der Waals surface area (Å²) in [6.07, 6.45) is 4.78. The maximum absolute atomic E-state index is 14.1. The predicted molar refractivity (Wildman–Crippen MR) is 165 cm³/mol. The van der Waals surface area contributed by atoms with Gasteiger partial charge in [-0.05, 0) is 42.7 Å². The zero-order valence-corrected chi connectivity index (χ0v) is 25.9. The van der Waals surface area contributed by atoms with Crippen LogP contribution in [0, 0.1) is 0 Å². The molecule has 0 aromatic heterocycles. The van der Waals surface area contributed by atoms with Crippen molar-refractivity contribution in [3.63, 3.8) is 0 Å². The molecule has 5 rings (SSSR count). The van der Waals surface area contributed by atoms with Gasteiger partial charge in [0.2, 0.25) is 11.8 Å². The van der Waals surface area contributed by atoms with Crippen molar-refractivity contribution in [3.05, 3.63) is 99.5 Å². The number of fused-ring (bicyclic) bond motifs is 1. The minimum Gasteiger partial charge on any atom is -0.352 e. The summed E-state index contributed by atoms with van der Waals surface area (Å²) >= 11 is 13.0. The number of nitrogens with one attached hydrogen (secondary N) is 1. The van der Waals surface area contributed by atoms with E-state index in [4.69, 9.17) is 23.2 Å². The number of nitrogens with zero attached hydrogens (tertiary/aromatic N) is 2. The van der Waals surface area contributed by atoms with Gasteiger partial charge in [0.15, 0.2) is 0 Å². The van der Waals surface area contributed by atoms with Gasteiger partial charge in [-0.2, -0.15) is 0 Å². The Morgan fingerprint density at radius 2 is 1.56 bits per heavy atom. The fourth-order valence-corrected chi connectivity index (χ4v) is 7.83. The van der Waals surface area contributed by atoms with E-state index in [1.54, 1.807) is 30.3 Å². The van der Waals surface area contributed by atoms with Crippen molar-refractivity contribution < 1.29 is 22.8 Å². The van der Waals surface area contributed by atoms with Gasteiger partial charge in [0.05, 0.1) is 5.56 Å². The summed E-state index contributed by atoms with van der Waals surface area (Å²) in [7, 11) is -4.10. The summed E-state index contributed by atoms with van der Waals surface area (Å²) in [6, 6.07) is 19.4. The summed E-state index contributed by atoms with van der Waals surface area (Å²) in [4.78, 5) is 42.4. The summed E-state index contributed by atoms with van der Waals surface area (Å²) in [6.45, 7) is -0.447. The van der Waals surface area contributed by atoms with Crippen LogP contribution in [0.4, 0.5) is 0 Å². The molecule has 3 aromatic carbocycles. The zero-order chi connectivity index (χ0) is 30.6. The van der Waals surface area contributed by atoms with Crippen molar-refractivity contribution >= 4 is 50.9 Å². The third kappa shape index (κ3) is 6.89. The van der Waals surface area contributed by atoms with Crippen molar-refractivity contribution in [1.82, 2.24) is 14.5 Å². The first-order chi connectivity index (χ1) is 20.7. The van der Waals surface area contributed by atoms with Crippen LogP contribution in [0.25, 0.3) is 0 Å². The van der Waals surface area contributed by atoms with Gasteiger partial charge in [0.1, 0.15) is 10.9 Å². The van der Waals surface area contributed by atoms with E-state index in [0.717, 1.165) is 42.0 Å². The predicted octanol–water partition coefficient (Wildman–Crippen LogP) is 5.62. The molecule has 43 heavy (non-hydrogen) atoms. The summed E-state index contributed by atoms with van der Waals surface area (Å²) in [5, 5.41) is 3.83. The fraction of sp³-hybridized carbons (Fsp3) is 0.344. The fourth-order valence-electron chi connectivity index (χ4n) is 5.75. The molecule has 0 bridgehead atoms. The van der Waals surface area contributed by atoms with Gasteiger partial charge in [-0.25, -0.2) is 12.7 Å².